The smallest absolute Gasteiger partial charge is 0.0483 e. The molecule has 19 heavy (non-hydrogen) atoms. The number of aliphatic hydroxyl groups excluding tert-OH is 1. The van der Waals surface area contributed by atoms with E-state index >= 15 is 0 Å². The molecule has 1 aromatic rings. The van der Waals surface area contributed by atoms with Gasteiger partial charge >= 0.3 is 0 Å². The lowest BCUT2D eigenvalue weighted by Gasteiger charge is -2.38. The summed E-state index contributed by atoms with van der Waals surface area (Å²) in [5.74, 6) is 0. The molecule has 1 aliphatic heterocycles. The summed E-state index contributed by atoms with van der Waals surface area (Å²) in [6.45, 7) is 2.67. The lowest BCUT2D eigenvalue weighted by atomic mass is 9.86. The zero-order valence-corrected chi connectivity index (χ0v) is 12.3. The average Bonchev–Trinajstić information content (AvgIpc) is 2.47. The van der Waals surface area contributed by atoms with Gasteiger partial charge in [-0.25, -0.2) is 0 Å². The molecule has 1 aromatic carbocycles. The molecule has 1 saturated heterocycles. The van der Waals surface area contributed by atoms with Gasteiger partial charge in [-0.05, 0) is 43.2 Å². The van der Waals surface area contributed by atoms with Crippen LogP contribution < -0.4 is 5.32 Å². The summed E-state index contributed by atoms with van der Waals surface area (Å²) in [4.78, 5) is 1.29. The van der Waals surface area contributed by atoms with Crippen LogP contribution in [0.15, 0.2) is 29.2 Å². The minimum atomic E-state index is 0.0468. The highest BCUT2D eigenvalue weighted by atomic mass is 32.2. The van der Waals surface area contributed by atoms with E-state index in [1.54, 1.807) is 11.8 Å². The molecule has 0 bridgehead atoms. The number of hydrogen-bond donors (Lipinski definition) is 2. The van der Waals surface area contributed by atoms with Crippen LogP contribution in [0.4, 0.5) is 0 Å². The predicted octanol–water partition coefficient (Wildman–Crippen LogP) is 2.43. The third-order valence-corrected chi connectivity index (χ3v) is 4.61. The molecule has 0 saturated carbocycles. The lowest BCUT2D eigenvalue weighted by molar-refractivity contribution is 0.0267. The van der Waals surface area contributed by atoms with Gasteiger partial charge in [-0.15, -0.1) is 11.8 Å². The summed E-state index contributed by atoms with van der Waals surface area (Å²) in [5, 5.41) is 12.9. The molecule has 0 amide bonds. The average molecular weight is 281 g/mol. The Bertz CT molecular complexity index is 369. The van der Waals surface area contributed by atoms with Gasteiger partial charge in [0.05, 0.1) is 0 Å². The van der Waals surface area contributed by atoms with E-state index in [0.29, 0.717) is 0 Å². The van der Waals surface area contributed by atoms with E-state index in [0.717, 1.165) is 39.0 Å². The van der Waals surface area contributed by atoms with E-state index in [9.17, 15) is 5.11 Å². The highest BCUT2D eigenvalue weighted by Crippen LogP contribution is 2.25. The second-order valence-corrected chi connectivity index (χ2v) is 5.95. The van der Waals surface area contributed by atoms with Crippen LogP contribution >= 0.6 is 11.8 Å². The number of thioether (sulfide) groups is 1. The van der Waals surface area contributed by atoms with Gasteiger partial charge < -0.3 is 15.2 Å². The molecule has 1 fully saturated rings. The maximum Gasteiger partial charge on any atom is 0.0483 e. The Morgan fingerprint density at radius 2 is 1.95 bits per heavy atom. The first-order valence-corrected chi connectivity index (χ1v) is 8.07. The van der Waals surface area contributed by atoms with E-state index in [2.05, 4.69) is 35.8 Å². The number of ether oxygens (including phenoxy) is 1. The SMILES string of the molecule is CSc1ccc(CNC2(CCO)CCOCC2)cc1. The number of aliphatic hydroxyl groups is 1. The van der Waals surface area contributed by atoms with Gasteiger partial charge in [0.25, 0.3) is 0 Å². The molecular formula is C15H23NO2S. The minimum absolute atomic E-state index is 0.0468. The van der Waals surface area contributed by atoms with Gasteiger partial charge in [-0.2, -0.15) is 0 Å². The Morgan fingerprint density at radius 3 is 2.53 bits per heavy atom. The van der Waals surface area contributed by atoms with Gasteiger partial charge in [0.1, 0.15) is 0 Å². The molecule has 1 heterocycles. The molecule has 2 N–H and O–H groups in total. The van der Waals surface area contributed by atoms with Crippen LogP contribution in [0.3, 0.4) is 0 Å². The zero-order valence-electron chi connectivity index (χ0n) is 11.5. The first-order chi connectivity index (χ1) is 9.28. The molecule has 3 nitrogen and oxygen atoms in total. The van der Waals surface area contributed by atoms with Crippen molar-refractivity contribution < 1.29 is 9.84 Å². The Labute approximate surface area is 119 Å². The molecule has 0 aliphatic carbocycles. The monoisotopic (exact) mass is 281 g/mol. The number of benzene rings is 1. The van der Waals surface area contributed by atoms with Crippen molar-refractivity contribution >= 4 is 11.8 Å². The normalized spacial score (nSPS) is 18.4. The van der Waals surface area contributed by atoms with Crippen molar-refractivity contribution in [3.05, 3.63) is 29.8 Å². The number of rotatable bonds is 6. The van der Waals surface area contributed by atoms with Crippen molar-refractivity contribution in [3.8, 4) is 0 Å². The molecule has 0 radical (unpaired) electrons. The lowest BCUT2D eigenvalue weighted by Crippen LogP contribution is -2.49. The molecular weight excluding hydrogens is 258 g/mol. The van der Waals surface area contributed by atoms with Gasteiger partial charge in [0.2, 0.25) is 0 Å². The Morgan fingerprint density at radius 1 is 1.26 bits per heavy atom. The summed E-state index contributed by atoms with van der Waals surface area (Å²) in [6, 6.07) is 8.66. The molecule has 0 atom stereocenters. The quantitative estimate of drug-likeness (QED) is 0.786. The highest BCUT2D eigenvalue weighted by molar-refractivity contribution is 7.98. The van der Waals surface area contributed by atoms with Crippen LogP contribution in [0.2, 0.25) is 0 Å². The maximum atomic E-state index is 9.27. The molecule has 0 aromatic heterocycles. The molecule has 0 spiro atoms. The van der Waals surface area contributed by atoms with Crippen molar-refractivity contribution in [1.29, 1.82) is 0 Å². The van der Waals surface area contributed by atoms with Crippen LogP contribution in [0.5, 0.6) is 0 Å². The third-order valence-electron chi connectivity index (χ3n) is 3.87. The Balaban J connectivity index is 1.93. The number of hydrogen-bond acceptors (Lipinski definition) is 4. The second-order valence-electron chi connectivity index (χ2n) is 5.07. The van der Waals surface area contributed by atoms with Crippen LogP contribution in [0.25, 0.3) is 0 Å². The molecule has 106 valence electrons. The topological polar surface area (TPSA) is 41.5 Å². The molecule has 1 aliphatic rings. The first kappa shape index (κ1) is 14.9. The zero-order chi connectivity index (χ0) is 13.6. The second kappa shape index (κ2) is 7.29. The maximum absolute atomic E-state index is 9.27. The van der Waals surface area contributed by atoms with Crippen LogP contribution in [-0.2, 0) is 11.3 Å². The third kappa shape index (κ3) is 4.21. The van der Waals surface area contributed by atoms with E-state index in [1.807, 2.05) is 0 Å². The minimum Gasteiger partial charge on any atom is -0.396 e. The van der Waals surface area contributed by atoms with Crippen molar-refractivity contribution in [2.45, 2.75) is 36.2 Å². The highest BCUT2D eigenvalue weighted by Gasteiger charge is 2.31. The number of nitrogens with one attached hydrogen (secondary N) is 1. The summed E-state index contributed by atoms with van der Waals surface area (Å²) in [6.07, 6.45) is 4.86. The summed E-state index contributed by atoms with van der Waals surface area (Å²) < 4.78 is 5.43. The first-order valence-electron chi connectivity index (χ1n) is 6.85. The summed E-state index contributed by atoms with van der Waals surface area (Å²) >= 11 is 1.76. The van der Waals surface area contributed by atoms with Gasteiger partial charge in [0.15, 0.2) is 0 Å². The fourth-order valence-corrected chi connectivity index (χ4v) is 2.93. The van der Waals surface area contributed by atoms with Gasteiger partial charge in [0, 0.05) is 36.8 Å². The Kier molecular flexibility index (Phi) is 5.70. The van der Waals surface area contributed by atoms with Gasteiger partial charge in [-0.3, -0.25) is 0 Å². The van der Waals surface area contributed by atoms with Gasteiger partial charge in [-0.1, -0.05) is 12.1 Å². The van der Waals surface area contributed by atoms with Crippen molar-refractivity contribution in [2.75, 3.05) is 26.1 Å². The summed E-state index contributed by atoms with van der Waals surface area (Å²) in [5.41, 5.74) is 1.34. The fraction of sp³-hybridized carbons (Fsp3) is 0.600. The van der Waals surface area contributed by atoms with E-state index in [1.165, 1.54) is 10.5 Å². The standard InChI is InChI=1S/C15H23NO2S/c1-19-14-4-2-13(3-5-14)12-16-15(6-9-17)7-10-18-11-8-15/h2-5,16-17H,6-12H2,1H3. The van der Waals surface area contributed by atoms with E-state index in [4.69, 9.17) is 4.74 Å². The fourth-order valence-electron chi connectivity index (χ4n) is 2.52. The largest absolute Gasteiger partial charge is 0.396 e. The molecule has 2 rings (SSSR count). The Hall–Kier alpha value is -0.550. The predicted molar refractivity (Wildman–Crippen MR) is 79.5 cm³/mol. The van der Waals surface area contributed by atoms with Crippen molar-refractivity contribution in [3.63, 3.8) is 0 Å². The van der Waals surface area contributed by atoms with Crippen LogP contribution in [-0.4, -0.2) is 36.7 Å². The molecule has 4 heteroatoms. The van der Waals surface area contributed by atoms with E-state index in [-0.39, 0.29) is 12.1 Å². The van der Waals surface area contributed by atoms with Crippen molar-refractivity contribution in [2.24, 2.45) is 0 Å². The van der Waals surface area contributed by atoms with Crippen LogP contribution in [0, 0.1) is 0 Å². The van der Waals surface area contributed by atoms with E-state index < -0.39 is 0 Å². The van der Waals surface area contributed by atoms with Crippen LogP contribution in [0.1, 0.15) is 24.8 Å². The van der Waals surface area contributed by atoms with Crippen molar-refractivity contribution in [1.82, 2.24) is 5.32 Å². The summed E-state index contributed by atoms with van der Waals surface area (Å²) in [7, 11) is 0. The molecule has 0 unspecified atom stereocenters.